The minimum atomic E-state index is -0.0876. The molecule has 0 spiro atoms. The Balaban J connectivity index is 1.40. The van der Waals surface area contributed by atoms with Crippen molar-refractivity contribution in [3.8, 4) is 5.75 Å². The van der Waals surface area contributed by atoms with E-state index in [2.05, 4.69) is 0 Å². The predicted molar refractivity (Wildman–Crippen MR) is 104 cm³/mol. The van der Waals surface area contributed by atoms with E-state index in [0.29, 0.717) is 25.4 Å². The molecule has 6 nitrogen and oxygen atoms in total. The first kappa shape index (κ1) is 17.4. The summed E-state index contributed by atoms with van der Waals surface area (Å²) in [4.78, 5) is 26.5. The van der Waals surface area contributed by atoms with E-state index in [-0.39, 0.29) is 17.6 Å². The van der Waals surface area contributed by atoms with Crippen LogP contribution < -0.4 is 10.3 Å². The van der Waals surface area contributed by atoms with Crippen LogP contribution in [0.5, 0.6) is 5.75 Å². The standard InChI is InChI=1S/C21H23N3O3/c1-15-11-18(12-20(25)22(15)2)27-17-8-10-24(13-17)21(26)14-23-9-7-16-5-3-4-6-19(16)23/h3-7,9,11-12,17H,8,10,13-14H2,1-2H3. The lowest BCUT2D eigenvalue weighted by Crippen LogP contribution is -2.33. The van der Waals surface area contributed by atoms with Crippen molar-refractivity contribution < 1.29 is 9.53 Å². The highest BCUT2D eigenvalue weighted by atomic mass is 16.5. The summed E-state index contributed by atoms with van der Waals surface area (Å²) in [5.74, 6) is 0.661. The van der Waals surface area contributed by atoms with Crippen molar-refractivity contribution in [2.75, 3.05) is 13.1 Å². The van der Waals surface area contributed by atoms with Crippen molar-refractivity contribution >= 4 is 16.8 Å². The fourth-order valence-electron chi connectivity index (χ4n) is 3.57. The van der Waals surface area contributed by atoms with Gasteiger partial charge < -0.3 is 18.8 Å². The summed E-state index contributed by atoms with van der Waals surface area (Å²) < 4.78 is 9.53. The summed E-state index contributed by atoms with van der Waals surface area (Å²) in [6, 6.07) is 13.4. The SMILES string of the molecule is Cc1cc(OC2CCN(C(=O)Cn3ccc4ccccc43)C2)cc(=O)n1C. The molecule has 140 valence electrons. The van der Waals surface area contributed by atoms with Crippen LogP contribution in [0.15, 0.2) is 53.5 Å². The number of fused-ring (bicyclic) bond motifs is 1. The highest BCUT2D eigenvalue weighted by molar-refractivity contribution is 5.83. The van der Waals surface area contributed by atoms with Gasteiger partial charge in [-0.1, -0.05) is 18.2 Å². The molecule has 1 aliphatic heterocycles. The molecule has 27 heavy (non-hydrogen) atoms. The number of carbonyl (C=O) groups excluding carboxylic acids is 1. The minimum absolute atomic E-state index is 0.0816. The highest BCUT2D eigenvalue weighted by Crippen LogP contribution is 2.20. The number of nitrogens with zero attached hydrogens (tertiary/aromatic N) is 3. The fraction of sp³-hybridized carbons (Fsp3) is 0.333. The number of amides is 1. The maximum absolute atomic E-state index is 12.7. The molecule has 3 heterocycles. The number of aromatic nitrogens is 2. The molecule has 0 aliphatic carbocycles. The van der Waals surface area contributed by atoms with E-state index in [1.54, 1.807) is 11.6 Å². The third kappa shape index (κ3) is 3.47. The largest absolute Gasteiger partial charge is 0.488 e. The van der Waals surface area contributed by atoms with Gasteiger partial charge in [0, 0.05) is 43.5 Å². The van der Waals surface area contributed by atoms with Crippen LogP contribution in [-0.2, 0) is 18.4 Å². The molecule has 1 unspecified atom stereocenters. The third-order valence-electron chi connectivity index (χ3n) is 5.26. The van der Waals surface area contributed by atoms with Gasteiger partial charge in [0.15, 0.2) is 0 Å². The van der Waals surface area contributed by atoms with Gasteiger partial charge in [0.1, 0.15) is 18.4 Å². The molecule has 1 aromatic carbocycles. The number of aryl methyl sites for hydroxylation is 1. The fourth-order valence-corrected chi connectivity index (χ4v) is 3.57. The molecule has 6 heteroatoms. The number of hydrogen-bond donors (Lipinski definition) is 0. The maximum atomic E-state index is 12.7. The average molecular weight is 365 g/mol. The van der Waals surface area contributed by atoms with E-state index in [0.717, 1.165) is 23.0 Å². The summed E-state index contributed by atoms with van der Waals surface area (Å²) in [6.07, 6.45) is 2.64. The van der Waals surface area contributed by atoms with Gasteiger partial charge >= 0.3 is 0 Å². The summed E-state index contributed by atoms with van der Waals surface area (Å²) in [7, 11) is 1.74. The monoisotopic (exact) mass is 365 g/mol. The first-order valence-corrected chi connectivity index (χ1v) is 9.17. The van der Waals surface area contributed by atoms with Gasteiger partial charge in [-0.25, -0.2) is 0 Å². The molecular formula is C21H23N3O3. The van der Waals surface area contributed by atoms with E-state index < -0.39 is 0 Å². The van der Waals surface area contributed by atoms with Gasteiger partial charge in [-0.15, -0.1) is 0 Å². The Hall–Kier alpha value is -3.02. The van der Waals surface area contributed by atoms with Gasteiger partial charge in [0.25, 0.3) is 5.56 Å². The number of pyridine rings is 1. The first-order valence-electron chi connectivity index (χ1n) is 9.17. The second kappa shape index (κ2) is 6.95. The highest BCUT2D eigenvalue weighted by Gasteiger charge is 2.28. The van der Waals surface area contributed by atoms with E-state index in [9.17, 15) is 9.59 Å². The molecule has 0 radical (unpaired) electrons. The molecule has 1 atom stereocenters. The summed E-state index contributed by atoms with van der Waals surface area (Å²) >= 11 is 0. The van der Waals surface area contributed by atoms with Crippen molar-refractivity contribution in [1.82, 2.24) is 14.0 Å². The number of benzene rings is 1. The van der Waals surface area contributed by atoms with E-state index in [4.69, 9.17) is 4.74 Å². The van der Waals surface area contributed by atoms with Crippen LogP contribution in [0.1, 0.15) is 12.1 Å². The summed E-state index contributed by atoms with van der Waals surface area (Å²) in [5, 5.41) is 1.13. The number of para-hydroxylation sites is 1. The van der Waals surface area contributed by atoms with Crippen LogP contribution in [0.3, 0.4) is 0 Å². The first-order chi connectivity index (χ1) is 13.0. The molecule has 1 amide bonds. The second-order valence-electron chi connectivity index (χ2n) is 7.10. The number of hydrogen-bond acceptors (Lipinski definition) is 3. The lowest BCUT2D eigenvalue weighted by atomic mass is 10.2. The Morgan fingerprint density at radius 1 is 1.22 bits per heavy atom. The van der Waals surface area contributed by atoms with Gasteiger partial charge in [-0.3, -0.25) is 9.59 Å². The van der Waals surface area contributed by atoms with Crippen molar-refractivity contribution in [2.45, 2.75) is 26.0 Å². The molecule has 1 aliphatic rings. The molecule has 1 fully saturated rings. The van der Waals surface area contributed by atoms with Crippen LogP contribution in [0.2, 0.25) is 0 Å². The Kier molecular flexibility index (Phi) is 4.48. The predicted octanol–water partition coefficient (Wildman–Crippen LogP) is 2.33. The zero-order valence-electron chi connectivity index (χ0n) is 15.6. The lowest BCUT2D eigenvalue weighted by molar-refractivity contribution is -0.131. The molecule has 4 rings (SSSR count). The Morgan fingerprint density at radius 3 is 2.85 bits per heavy atom. The molecule has 1 saturated heterocycles. The third-order valence-corrected chi connectivity index (χ3v) is 5.26. The van der Waals surface area contributed by atoms with Crippen LogP contribution in [0.25, 0.3) is 10.9 Å². The van der Waals surface area contributed by atoms with Crippen molar-refractivity contribution in [3.05, 3.63) is 64.7 Å². The molecule has 0 N–H and O–H groups in total. The number of rotatable bonds is 4. The average Bonchev–Trinajstić information content (AvgIpc) is 3.27. The van der Waals surface area contributed by atoms with Crippen LogP contribution in [0, 0.1) is 6.92 Å². The zero-order chi connectivity index (χ0) is 19.0. The van der Waals surface area contributed by atoms with Gasteiger partial charge in [0.2, 0.25) is 5.91 Å². The van der Waals surface area contributed by atoms with Gasteiger partial charge in [-0.05, 0) is 30.5 Å². The topological polar surface area (TPSA) is 56.5 Å². The Labute approximate surface area is 157 Å². The summed E-state index contributed by atoms with van der Waals surface area (Å²) in [5.41, 5.74) is 1.83. The number of ether oxygens (including phenoxy) is 1. The number of likely N-dealkylation sites (tertiary alicyclic amines) is 1. The van der Waals surface area contributed by atoms with Crippen molar-refractivity contribution in [2.24, 2.45) is 7.05 Å². The molecule has 3 aromatic rings. The molecule has 2 aromatic heterocycles. The molecule has 0 saturated carbocycles. The van der Waals surface area contributed by atoms with Crippen LogP contribution >= 0.6 is 0 Å². The Morgan fingerprint density at radius 2 is 2.04 bits per heavy atom. The summed E-state index contributed by atoms with van der Waals surface area (Å²) in [6.45, 7) is 3.42. The van der Waals surface area contributed by atoms with Gasteiger partial charge in [-0.2, -0.15) is 0 Å². The van der Waals surface area contributed by atoms with E-state index in [1.165, 1.54) is 6.07 Å². The second-order valence-corrected chi connectivity index (χ2v) is 7.10. The number of carbonyl (C=O) groups is 1. The van der Waals surface area contributed by atoms with Gasteiger partial charge in [0.05, 0.1) is 6.54 Å². The zero-order valence-corrected chi connectivity index (χ0v) is 15.6. The smallest absolute Gasteiger partial charge is 0.254 e. The quantitative estimate of drug-likeness (QED) is 0.713. The molecule has 0 bridgehead atoms. The minimum Gasteiger partial charge on any atom is -0.488 e. The van der Waals surface area contributed by atoms with Crippen molar-refractivity contribution in [3.63, 3.8) is 0 Å². The lowest BCUT2D eigenvalue weighted by Gasteiger charge is -2.18. The Bertz CT molecular complexity index is 1050. The van der Waals surface area contributed by atoms with Crippen LogP contribution in [0.4, 0.5) is 0 Å². The molecular weight excluding hydrogens is 342 g/mol. The normalized spacial score (nSPS) is 16.8. The van der Waals surface area contributed by atoms with E-state index in [1.807, 2.05) is 59.0 Å². The van der Waals surface area contributed by atoms with E-state index >= 15 is 0 Å². The van der Waals surface area contributed by atoms with Crippen LogP contribution in [-0.4, -0.2) is 39.1 Å². The maximum Gasteiger partial charge on any atom is 0.254 e. The van der Waals surface area contributed by atoms with Crippen molar-refractivity contribution in [1.29, 1.82) is 0 Å².